The second kappa shape index (κ2) is 6.49. The zero-order chi connectivity index (χ0) is 13.9. The van der Waals surface area contributed by atoms with Crippen molar-refractivity contribution in [1.82, 2.24) is 0 Å². The second-order valence-electron chi connectivity index (χ2n) is 5.85. The van der Waals surface area contributed by atoms with Crippen molar-refractivity contribution in [2.45, 2.75) is 46.0 Å². The molecule has 106 valence electrons. The number of alkyl halides is 1. The third kappa shape index (κ3) is 3.66. The van der Waals surface area contributed by atoms with Crippen LogP contribution in [0.5, 0.6) is 5.75 Å². The average Bonchev–Trinajstić information content (AvgIpc) is 2.43. The van der Waals surface area contributed by atoms with Crippen LogP contribution in [0.15, 0.2) is 12.1 Å². The van der Waals surface area contributed by atoms with Gasteiger partial charge in [-0.25, -0.2) is 0 Å². The first-order valence-electron chi connectivity index (χ1n) is 7.02. The molecule has 1 aliphatic rings. The second-order valence-corrected chi connectivity index (χ2v) is 6.79. The van der Waals surface area contributed by atoms with E-state index < -0.39 is 0 Å². The van der Waals surface area contributed by atoms with Crippen LogP contribution in [0.25, 0.3) is 0 Å². The van der Waals surface area contributed by atoms with E-state index >= 15 is 0 Å². The summed E-state index contributed by atoms with van der Waals surface area (Å²) in [7, 11) is 0. The lowest BCUT2D eigenvalue weighted by molar-refractivity contribution is 0.122. The summed E-state index contributed by atoms with van der Waals surface area (Å²) in [6.45, 7) is 4.87. The van der Waals surface area contributed by atoms with Crippen molar-refractivity contribution in [2.24, 2.45) is 5.41 Å². The van der Waals surface area contributed by atoms with E-state index in [2.05, 4.69) is 15.9 Å². The van der Waals surface area contributed by atoms with Crippen LogP contribution in [-0.2, 0) is 0 Å². The maximum atomic E-state index is 6.19. The minimum atomic E-state index is 0.319. The van der Waals surface area contributed by atoms with Crippen LogP contribution in [0.1, 0.15) is 43.2 Å². The van der Waals surface area contributed by atoms with Gasteiger partial charge >= 0.3 is 0 Å². The minimum absolute atomic E-state index is 0.319. The molecule has 3 heteroatoms. The first kappa shape index (κ1) is 15.2. The molecule has 0 aliphatic heterocycles. The van der Waals surface area contributed by atoms with E-state index in [0.717, 1.165) is 33.8 Å². The van der Waals surface area contributed by atoms with Crippen molar-refractivity contribution < 1.29 is 4.74 Å². The number of ether oxygens (including phenoxy) is 1. The van der Waals surface area contributed by atoms with Crippen LogP contribution < -0.4 is 4.74 Å². The fraction of sp³-hybridized carbons (Fsp3) is 0.625. The van der Waals surface area contributed by atoms with Crippen LogP contribution in [0, 0.1) is 19.3 Å². The van der Waals surface area contributed by atoms with Gasteiger partial charge in [0, 0.05) is 15.8 Å². The van der Waals surface area contributed by atoms with Crippen molar-refractivity contribution in [3.63, 3.8) is 0 Å². The SMILES string of the molecule is Cc1cc(OCC2(CBr)CCCCC2)cc(C)c1Cl. The van der Waals surface area contributed by atoms with E-state index in [0.29, 0.717) is 5.41 Å². The summed E-state index contributed by atoms with van der Waals surface area (Å²) in [4.78, 5) is 0. The fourth-order valence-electron chi connectivity index (χ4n) is 2.84. The molecule has 0 radical (unpaired) electrons. The molecule has 0 bridgehead atoms. The van der Waals surface area contributed by atoms with E-state index in [-0.39, 0.29) is 0 Å². The summed E-state index contributed by atoms with van der Waals surface area (Å²) in [5, 5.41) is 1.88. The maximum Gasteiger partial charge on any atom is 0.119 e. The van der Waals surface area contributed by atoms with Gasteiger partial charge in [0.05, 0.1) is 6.61 Å². The van der Waals surface area contributed by atoms with Crippen LogP contribution >= 0.6 is 27.5 Å². The third-order valence-corrected chi connectivity index (χ3v) is 5.94. The molecule has 0 N–H and O–H groups in total. The molecular weight excluding hydrogens is 324 g/mol. The Labute approximate surface area is 129 Å². The highest BCUT2D eigenvalue weighted by Crippen LogP contribution is 2.38. The summed E-state index contributed by atoms with van der Waals surface area (Å²) in [6.07, 6.45) is 6.56. The predicted molar refractivity (Wildman–Crippen MR) is 85.7 cm³/mol. The first-order valence-corrected chi connectivity index (χ1v) is 8.52. The van der Waals surface area contributed by atoms with Crippen molar-refractivity contribution in [3.8, 4) is 5.75 Å². The normalized spacial score (nSPS) is 18.3. The Morgan fingerprint density at radius 1 is 1.16 bits per heavy atom. The minimum Gasteiger partial charge on any atom is -0.493 e. The largest absolute Gasteiger partial charge is 0.493 e. The number of rotatable bonds is 4. The van der Waals surface area contributed by atoms with Gasteiger partial charge in [-0.05, 0) is 49.9 Å². The predicted octanol–water partition coefficient (Wildman–Crippen LogP) is 5.68. The van der Waals surface area contributed by atoms with Gasteiger partial charge in [-0.1, -0.05) is 46.8 Å². The lowest BCUT2D eigenvalue weighted by Gasteiger charge is -2.35. The molecule has 0 saturated heterocycles. The molecule has 0 amide bonds. The van der Waals surface area contributed by atoms with Gasteiger partial charge in [0.1, 0.15) is 5.75 Å². The van der Waals surface area contributed by atoms with E-state index in [4.69, 9.17) is 16.3 Å². The molecule has 1 fully saturated rings. The van der Waals surface area contributed by atoms with Crippen molar-refractivity contribution in [3.05, 3.63) is 28.3 Å². The number of aryl methyl sites for hydroxylation is 2. The summed E-state index contributed by atoms with van der Waals surface area (Å²) in [5.41, 5.74) is 2.50. The van der Waals surface area contributed by atoms with Gasteiger partial charge in [-0.15, -0.1) is 0 Å². The Morgan fingerprint density at radius 3 is 2.26 bits per heavy atom. The molecule has 1 aromatic carbocycles. The zero-order valence-electron chi connectivity index (χ0n) is 11.8. The number of hydrogen-bond donors (Lipinski definition) is 0. The Hall–Kier alpha value is -0.210. The Morgan fingerprint density at radius 2 is 1.74 bits per heavy atom. The highest BCUT2D eigenvalue weighted by molar-refractivity contribution is 9.09. The lowest BCUT2D eigenvalue weighted by atomic mass is 9.76. The van der Waals surface area contributed by atoms with Crippen molar-refractivity contribution >= 4 is 27.5 Å². The first-order chi connectivity index (χ1) is 9.06. The summed E-state index contributed by atoms with van der Waals surface area (Å²) in [5.74, 6) is 0.949. The van der Waals surface area contributed by atoms with Crippen LogP contribution in [0.3, 0.4) is 0 Å². The molecule has 1 aliphatic carbocycles. The molecule has 0 unspecified atom stereocenters. The highest BCUT2D eigenvalue weighted by atomic mass is 79.9. The number of hydrogen-bond acceptors (Lipinski definition) is 1. The highest BCUT2D eigenvalue weighted by Gasteiger charge is 2.31. The molecular formula is C16H22BrClO. The van der Waals surface area contributed by atoms with Gasteiger partial charge < -0.3 is 4.74 Å². The van der Waals surface area contributed by atoms with Gasteiger partial charge in [0.25, 0.3) is 0 Å². The van der Waals surface area contributed by atoms with Crippen molar-refractivity contribution in [2.75, 3.05) is 11.9 Å². The monoisotopic (exact) mass is 344 g/mol. The molecule has 0 atom stereocenters. The van der Waals surface area contributed by atoms with E-state index in [1.807, 2.05) is 26.0 Å². The summed E-state index contributed by atoms with van der Waals surface area (Å²) >= 11 is 9.87. The average molecular weight is 346 g/mol. The topological polar surface area (TPSA) is 9.23 Å². The van der Waals surface area contributed by atoms with Crippen LogP contribution in [0.4, 0.5) is 0 Å². The van der Waals surface area contributed by atoms with Gasteiger partial charge in [-0.3, -0.25) is 0 Å². The number of halogens is 2. The summed E-state index contributed by atoms with van der Waals surface area (Å²) in [6, 6.07) is 4.08. The van der Waals surface area contributed by atoms with E-state index in [9.17, 15) is 0 Å². The molecule has 0 aromatic heterocycles. The Kier molecular flexibility index (Phi) is 5.19. The maximum absolute atomic E-state index is 6.19. The number of benzene rings is 1. The zero-order valence-corrected chi connectivity index (χ0v) is 14.1. The molecule has 0 heterocycles. The van der Waals surface area contributed by atoms with E-state index in [1.54, 1.807) is 0 Å². The van der Waals surface area contributed by atoms with E-state index in [1.165, 1.54) is 32.1 Å². The molecule has 19 heavy (non-hydrogen) atoms. The van der Waals surface area contributed by atoms with Crippen LogP contribution in [-0.4, -0.2) is 11.9 Å². The third-order valence-electron chi connectivity index (χ3n) is 4.15. The standard InChI is InChI=1S/C16H22BrClO/c1-12-8-14(9-13(2)15(12)18)19-11-16(10-17)6-4-3-5-7-16/h8-9H,3-7,10-11H2,1-2H3. The lowest BCUT2D eigenvalue weighted by Crippen LogP contribution is -2.32. The smallest absolute Gasteiger partial charge is 0.119 e. The Balaban J connectivity index is 2.05. The van der Waals surface area contributed by atoms with Crippen LogP contribution in [0.2, 0.25) is 5.02 Å². The van der Waals surface area contributed by atoms with Gasteiger partial charge in [0.15, 0.2) is 0 Å². The van der Waals surface area contributed by atoms with Gasteiger partial charge in [-0.2, -0.15) is 0 Å². The quantitative estimate of drug-likeness (QED) is 0.638. The molecule has 0 spiro atoms. The fourth-order valence-corrected chi connectivity index (χ4v) is 3.68. The molecule has 1 nitrogen and oxygen atoms in total. The summed E-state index contributed by atoms with van der Waals surface area (Å²) < 4.78 is 6.07. The van der Waals surface area contributed by atoms with Crippen molar-refractivity contribution in [1.29, 1.82) is 0 Å². The Bertz CT molecular complexity index is 415. The molecule has 1 saturated carbocycles. The molecule has 2 rings (SSSR count). The molecule has 1 aromatic rings. The van der Waals surface area contributed by atoms with Gasteiger partial charge in [0.2, 0.25) is 0 Å².